The molecule has 2 rings (SSSR count). The number of aromatic nitrogens is 2. The van der Waals surface area contributed by atoms with Gasteiger partial charge in [-0.2, -0.15) is 0 Å². The summed E-state index contributed by atoms with van der Waals surface area (Å²) in [6.07, 6.45) is 1.76. The molecule has 5 heteroatoms. The normalized spacial score (nSPS) is 10.3. The molecule has 3 N–H and O–H groups in total. The van der Waals surface area contributed by atoms with Crippen LogP contribution in [0.15, 0.2) is 40.4 Å². The van der Waals surface area contributed by atoms with E-state index in [-0.39, 0.29) is 0 Å². The molecule has 4 nitrogen and oxygen atoms in total. The van der Waals surface area contributed by atoms with Crippen LogP contribution in [0.3, 0.4) is 0 Å². The van der Waals surface area contributed by atoms with Gasteiger partial charge < -0.3 is 0 Å². The maximum Gasteiger partial charge on any atom is 0.238 e. The second kappa shape index (κ2) is 5.16. The molecule has 0 saturated carbocycles. The fraction of sp³-hybridized carbons (Fsp3) is 0.167. The zero-order valence-corrected chi connectivity index (χ0v) is 10.6. The minimum atomic E-state index is 0.436. The molecule has 88 valence electrons. The van der Waals surface area contributed by atoms with E-state index in [0.717, 1.165) is 15.5 Å². The lowest BCUT2D eigenvalue weighted by atomic mass is 10.2. The maximum atomic E-state index is 5.30. The molecule has 0 atom stereocenters. The Hall–Kier alpha value is -1.59. The number of anilines is 1. The summed E-state index contributed by atoms with van der Waals surface area (Å²) >= 11 is 1.61. The van der Waals surface area contributed by atoms with Gasteiger partial charge in [0.05, 0.1) is 0 Å². The van der Waals surface area contributed by atoms with Crippen LogP contribution in [0.25, 0.3) is 0 Å². The molecule has 0 fully saturated rings. The highest BCUT2D eigenvalue weighted by atomic mass is 32.2. The molecule has 0 saturated heterocycles. The number of nitrogen functional groups attached to an aromatic ring is 1. The number of hydrogen-bond donors (Lipinski definition) is 2. The summed E-state index contributed by atoms with van der Waals surface area (Å²) in [4.78, 5) is 9.55. The van der Waals surface area contributed by atoms with Crippen LogP contribution in [0.1, 0.15) is 11.1 Å². The molecule has 0 spiro atoms. The smallest absolute Gasteiger partial charge is 0.238 e. The summed E-state index contributed by atoms with van der Waals surface area (Å²) in [6.45, 7) is 4.06. The number of hydrazine groups is 1. The van der Waals surface area contributed by atoms with Gasteiger partial charge in [-0.05, 0) is 26.0 Å². The first-order valence-electron chi connectivity index (χ1n) is 5.24. The molecule has 1 aromatic heterocycles. The van der Waals surface area contributed by atoms with E-state index in [4.69, 9.17) is 5.84 Å². The number of nitrogens with zero attached hydrogens (tertiary/aromatic N) is 2. The average molecular weight is 246 g/mol. The Morgan fingerprint density at radius 1 is 1.29 bits per heavy atom. The standard InChI is InChI=1S/C12H14N4S/c1-8-4-3-5-10(6-8)17-11-9(2)7-14-12(15-11)16-13/h3-7H,13H2,1-2H3,(H,14,15,16). The molecular formula is C12H14N4S. The van der Waals surface area contributed by atoms with E-state index in [9.17, 15) is 0 Å². The zero-order valence-electron chi connectivity index (χ0n) is 9.77. The van der Waals surface area contributed by atoms with Gasteiger partial charge in [-0.1, -0.05) is 29.5 Å². The predicted molar refractivity (Wildman–Crippen MR) is 69.9 cm³/mol. The number of benzene rings is 1. The van der Waals surface area contributed by atoms with Crippen molar-refractivity contribution in [1.82, 2.24) is 9.97 Å². The van der Waals surface area contributed by atoms with E-state index in [2.05, 4.69) is 40.5 Å². The fourth-order valence-corrected chi connectivity index (χ4v) is 2.35. The summed E-state index contributed by atoms with van der Waals surface area (Å²) in [5.74, 6) is 5.74. The van der Waals surface area contributed by atoms with Crippen LogP contribution < -0.4 is 11.3 Å². The minimum absolute atomic E-state index is 0.436. The van der Waals surface area contributed by atoms with Crippen LogP contribution >= 0.6 is 11.8 Å². The summed E-state index contributed by atoms with van der Waals surface area (Å²) in [5.41, 5.74) is 4.73. The van der Waals surface area contributed by atoms with Crippen molar-refractivity contribution in [2.24, 2.45) is 5.84 Å². The fourth-order valence-electron chi connectivity index (χ4n) is 1.39. The maximum absolute atomic E-state index is 5.30. The van der Waals surface area contributed by atoms with Crippen molar-refractivity contribution in [3.05, 3.63) is 41.6 Å². The Labute approximate surface area is 105 Å². The van der Waals surface area contributed by atoms with Crippen LogP contribution in [-0.4, -0.2) is 9.97 Å². The van der Waals surface area contributed by atoms with Crippen molar-refractivity contribution < 1.29 is 0 Å². The van der Waals surface area contributed by atoms with E-state index in [0.29, 0.717) is 5.95 Å². The van der Waals surface area contributed by atoms with Crippen molar-refractivity contribution in [1.29, 1.82) is 0 Å². The Kier molecular flexibility index (Phi) is 3.61. The topological polar surface area (TPSA) is 63.8 Å². The van der Waals surface area contributed by atoms with Crippen molar-refractivity contribution in [3.8, 4) is 0 Å². The number of aryl methyl sites for hydroxylation is 2. The minimum Gasteiger partial charge on any atom is -0.292 e. The quantitative estimate of drug-likeness (QED) is 0.495. The average Bonchev–Trinajstić information content (AvgIpc) is 2.32. The first-order valence-corrected chi connectivity index (χ1v) is 6.05. The second-order valence-corrected chi connectivity index (χ2v) is 4.81. The van der Waals surface area contributed by atoms with Crippen LogP contribution in [0.2, 0.25) is 0 Å². The summed E-state index contributed by atoms with van der Waals surface area (Å²) < 4.78 is 0. The van der Waals surface area contributed by atoms with Crippen molar-refractivity contribution >= 4 is 17.7 Å². The van der Waals surface area contributed by atoms with Crippen molar-refractivity contribution in [2.45, 2.75) is 23.8 Å². The zero-order chi connectivity index (χ0) is 12.3. The van der Waals surface area contributed by atoms with Gasteiger partial charge in [0, 0.05) is 16.7 Å². The van der Waals surface area contributed by atoms with Crippen LogP contribution in [-0.2, 0) is 0 Å². The third-order valence-electron chi connectivity index (χ3n) is 2.26. The third-order valence-corrected chi connectivity index (χ3v) is 3.35. The molecule has 0 radical (unpaired) electrons. The van der Waals surface area contributed by atoms with Crippen LogP contribution in [0.4, 0.5) is 5.95 Å². The predicted octanol–water partition coefficient (Wildman–Crippen LogP) is 2.53. The van der Waals surface area contributed by atoms with Crippen molar-refractivity contribution in [2.75, 3.05) is 5.43 Å². The van der Waals surface area contributed by atoms with Gasteiger partial charge in [-0.25, -0.2) is 15.8 Å². The third kappa shape index (κ3) is 2.95. The molecular weight excluding hydrogens is 232 g/mol. The molecule has 0 aliphatic rings. The van der Waals surface area contributed by atoms with Gasteiger partial charge in [0.15, 0.2) is 0 Å². The molecule has 0 amide bonds. The van der Waals surface area contributed by atoms with Gasteiger partial charge in [0.1, 0.15) is 5.03 Å². The molecule has 1 aromatic carbocycles. The SMILES string of the molecule is Cc1cccc(Sc2nc(NN)ncc2C)c1. The number of rotatable bonds is 3. The molecule has 0 aliphatic carbocycles. The van der Waals surface area contributed by atoms with E-state index >= 15 is 0 Å². The monoisotopic (exact) mass is 246 g/mol. The Bertz CT molecular complexity index is 528. The number of nitrogens with one attached hydrogen (secondary N) is 1. The molecule has 17 heavy (non-hydrogen) atoms. The first-order chi connectivity index (χ1) is 8.19. The molecule has 0 bridgehead atoms. The number of nitrogens with two attached hydrogens (primary N) is 1. The molecule has 2 aromatic rings. The van der Waals surface area contributed by atoms with Gasteiger partial charge in [0.25, 0.3) is 0 Å². The summed E-state index contributed by atoms with van der Waals surface area (Å²) in [7, 11) is 0. The van der Waals surface area contributed by atoms with Gasteiger partial charge in [0.2, 0.25) is 5.95 Å². The molecule has 0 aliphatic heterocycles. The van der Waals surface area contributed by atoms with Crippen LogP contribution in [0, 0.1) is 13.8 Å². The van der Waals surface area contributed by atoms with E-state index in [1.807, 2.05) is 13.0 Å². The second-order valence-electron chi connectivity index (χ2n) is 3.74. The summed E-state index contributed by atoms with van der Waals surface area (Å²) in [5, 5.41) is 0.915. The van der Waals surface area contributed by atoms with E-state index < -0.39 is 0 Å². The molecule has 0 unspecified atom stereocenters. The van der Waals surface area contributed by atoms with E-state index in [1.165, 1.54) is 5.56 Å². The van der Waals surface area contributed by atoms with Gasteiger partial charge in [-0.3, -0.25) is 5.43 Å². The lowest BCUT2D eigenvalue weighted by Gasteiger charge is -2.06. The Balaban J connectivity index is 2.29. The summed E-state index contributed by atoms with van der Waals surface area (Å²) in [6, 6.07) is 8.30. The highest BCUT2D eigenvalue weighted by Crippen LogP contribution is 2.29. The van der Waals surface area contributed by atoms with Crippen molar-refractivity contribution in [3.63, 3.8) is 0 Å². The molecule has 1 heterocycles. The van der Waals surface area contributed by atoms with Gasteiger partial charge >= 0.3 is 0 Å². The van der Waals surface area contributed by atoms with Crippen LogP contribution in [0.5, 0.6) is 0 Å². The largest absolute Gasteiger partial charge is 0.292 e. The highest BCUT2D eigenvalue weighted by Gasteiger charge is 2.05. The van der Waals surface area contributed by atoms with Gasteiger partial charge in [-0.15, -0.1) is 0 Å². The Morgan fingerprint density at radius 3 is 2.82 bits per heavy atom. The Morgan fingerprint density at radius 2 is 2.12 bits per heavy atom. The highest BCUT2D eigenvalue weighted by molar-refractivity contribution is 7.99. The lowest BCUT2D eigenvalue weighted by Crippen LogP contribution is -2.10. The first kappa shape index (κ1) is 11.9. The lowest BCUT2D eigenvalue weighted by molar-refractivity contribution is 0.992. The number of hydrogen-bond acceptors (Lipinski definition) is 5. The van der Waals surface area contributed by atoms with E-state index in [1.54, 1.807) is 18.0 Å².